The van der Waals surface area contributed by atoms with E-state index in [1.54, 1.807) is 24.1 Å². The maximum atomic E-state index is 12.7. The highest BCUT2D eigenvalue weighted by atomic mass is 16.5. The number of nitrogens with one attached hydrogen (secondary N) is 2. The van der Waals surface area contributed by atoms with E-state index in [1.807, 2.05) is 51.1 Å². The summed E-state index contributed by atoms with van der Waals surface area (Å²) < 4.78 is 5.24. The fraction of sp³-hybridized carbons (Fsp3) is 0.333. The summed E-state index contributed by atoms with van der Waals surface area (Å²) in [5, 5.41) is 5.61. The van der Waals surface area contributed by atoms with E-state index in [9.17, 15) is 9.59 Å². The van der Waals surface area contributed by atoms with Gasteiger partial charge in [-0.2, -0.15) is 0 Å². The second-order valence-corrected chi connectivity index (χ2v) is 7.58. The lowest BCUT2D eigenvalue weighted by atomic mass is 9.94. The first-order valence-corrected chi connectivity index (χ1v) is 8.95. The summed E-state index contributed by atoms with van der Waals surface area (Å²) >= 11 is 0. The standard InChI is InChI=1S/C21H25N3O3/c1-21(2,3)19(25)24-12-11-14-9-10-15(13-17(14)24)22-20(26)23-16-7-5-6-8-18(16)27-4/h5-10,13H,11-12H2,1-4H3,(H2,22,23,26). The van der Waals surface area contributed by atoms with Crippen LogP contribution in [0.15, 0.2) is 42.5 Å². The van der Waals surface area contributed by atoms with Crippen molar-refractivity contribution in [3.63, 3.8) is 0 Å². The number of amides is 3. The molecule has 0 saturated carbocycles. The predicted molar refractivity (Wildman–Crippen MR) is 108 cm³/mol. The van der Waals surface area contributed by atoms with Crippen LogP contribution in [0.25, 0.3) is 0 Å². The molecule has 0 saturated heterocycles. The molecule has 2 aromatic rings. The molecule has 27 heavy (non-hydrogen) atoms. The maximum Gasteiger partial charge on any atom is 0.323 e. The molecule has 2 N–H and O–H groups in total. The lowest BCUT2D eigenvalue weighted by Gasteiger charge is -2.26. The second kappa shape index (κ2) is 7.31. The first-order valence-electron chi connectivity index (χ1n) is 8.95. The van der Waals surface area contributed by atoms with Gasteiger partial charge < -0.3 is 20.3 Å². The Morgan fingerprint density at radius 3 is 2.52 bits per heavy atom. The molecule has 142 valence electrons. The van der Waals surface area contributed by atoms with E-state index in [2.05, 4.69) is 10.6 Å². The number of benzene rings is 2. The summed E-state index contributed by atoms with van der Waals surface area (Å²) in [4.78, 5) is 26.9. The molecule has 0 spiro atoms. The monoisotopic (exact) mass is 367 g/mol. The third-order valence-corrected chi connectivity index (χ3v) is 4.48. The zero-order valence-electron chi connectivity index (χ0n) is 16.1. The molecule has 1 aliphatic heterocycles. The Labute approximate surface area is 159 Å². The van der Waals surface area contributed by atoms with Gasteiger partial charge in [-0.15, -0.1) is 0 Å². The van der Waals surface area contributed by atoms with Gasteiger partial charge in [0.2, 0.25) is 5.91 Å². The number of fused-ring (bicyclic) bond motifs is 1. The first kappa shape index (κ1) is 18.8. The zero-order valence-corrected chi connectivity index (χ0v) is 16.1. The van der Waals surface area contributed by atoms with Gasteiger partial charge in [-0.1, -0.05) is 39.0 Å². The van der Waals surface area contributed by atoms with Crippen LogP contribution >= 0.6 is 0 Å². The SMILES string of the molecule is COc1ccccc1NC(=O)Nc1ccc2c(c1)N(C(=O)C(C)(C)C)CC2. The topological polar surface area (TPSA) is 70.7 Å². The van der Waals surface area contributed by atoms with Crippen LogP contribution in [-0.4, -0.2) is 25.6 Å². The minimum atomic E-state index is -0.452. The van der Waals surface area contributed by atoms with Crippen LogP contribution in [0.2, 0.25) is 0 Å². The van der Waals surface area contributed by atoms with Crippen LogP contribution in [0.3, 0.4) is 0 Å². The van der Waals surface area contributed by atoms with E-state index in [4.69, 9.17) is 4.74 Å². The van der Waals surface area contributed by atoms with Crippen molar-refractivity contribution in [2.75, 3.05) is 29.2 Å². The molecular formula is C21H25N3O3. The minimum absolute atomic E-state index is 0.0804. The summed E-state index contributed by atoms with van der Waals surface area (Å²) in [6, 6.07) is 12.5. The van der Waals surface area contributed by atoms with Crippen LogP contribution in [0.4, 0.5) is 21.9 Å². The van der Waals surface area contributed by atoms with Gasteiger partial charge in [0.05, 0.1) is 12.8 Å². The molecule has 0 radical (unpaired) electrons. The molecule has 0 atom stereocenters. The highest BCUT2D eigenvalue weighted by Crippen LogP contribution is 2.34. The van der Waals surface area contributed by atoms with Gasteiger partial charge in [0, 0.05) is 23.3 Å². The van der Waals surface area contributed by atoms with Gasteiger partial charge in [-0.3, -0.25) is 4.79 Å². The number of nitrogens with zero attached hydrogens (tertiary/aromatic N) is 1. The van der Waals surface area contributed by atoms with Crippen molar-refractivity contribution in [1.82, 2.24) is 0 Å². The van der Waals surface area contributed by atoms with Crippen LogP contribution in [0.1, 0.15) is 26.3 Å². The lowest BCUT2D eigenvalue weighted by Crippen LogP contribution is -2.38. The molecule has 0 aliphatic carbocycles. The number of anilines is 3. The van der Waals surface area contributed by atoms with E-state index in [1.165, 1.54) is 0 Å². The molecule has 1 aliphatic rings. The van der Waals surface area contributed by atoms with Gasteiger partial charge in [-0.25, -0.2) is 4.79 Å². The molecule has 0 aromatic heterocycles. The van der Waals surface area contributed by atoms with Crippen molar-refractivity contribution in [3.8, 4) is 5.75 Å². The minimum Gasteiger partial charge on any atom is -0.495 e. The Bertz CT molecular complexity index is 871. The molecule has 6 nitrogen and oxygen atoms in total. The van der Waals surface area contributed by atoms with Crippen molar-refractivity contribution in [2.45, 2.75) is 27.2 Å². The number of carbonyl (C=O) groups is 2. The van der Waals surface area contributed by atoms with Crippen molar-refractivity contribution >= 4 is 29.0 Å². The number of hydrogen-bond donors (Lipinski definition) is 2. The van der Waals surface area contributed by atoms with Gasteiger partial charge in [0.1, 0.15) is 5.75 Å². The quantitative estimate of drug-likeness (QED) is 0.851. The van der Waals surface area contributed by atoms with Crippen molar-refractivity contribution < 1.29 is 14.3 Å². The molecule has 6 heteroatoms. The van der Waals surface area contributed by atoms with Crippen LogP contribution in [-0.2, 0) is 11.2 Å². The number of carbonyl (C=O) groups excluding carboxylic acids is 2. The van der Waals surface area contributed by atoms with Crippen LogP contribution in [0, 0.1) is 5.41 Å². The summed E-state index contributed by atoms with van der Waals surface area (Å²) in [5.74, 6) is 0.667. The van der Waals surface area contributed by atoms with E-state index >= 15 is 0 Å². The van der Waals surface area contributed by atoms with E-state index in [-0.39, 0.29) is 11.9 Å². The van der Waals surface area contributed by atoms with Crippen molar-refractivity contribution in [2.24, 2.45) is 5.41 Å². The largest absolute Gasteiger partial charge is 0.495 e. The van der Waals surface area contributed by atoms with Crippen molar-refractivity contribution in [1.29, 1.82) is 0 Å². The third kappa shape index (κ3) is 4.05. The fourth-order valence-electron chi connectivity index (χ4n) is 3.11. The average Bonchev–Trinajstić information content (AvgIpc) is 3.03. The predicted octanol–water partition coefficient (Wildman–Crippen LogP) is 4.27. The molecular weight excluding hydrogens is 342 g/mol. The maximum absolute atomic E-state index is 12.7. The van der Waals surface area contributed by atoms with Gasteiger partial charge >= 0.3 is 6.03 Å². The lowest BCUT2D eigenvalue weighted by molar-refractivity contribution is -0.125. The number of hydrogen-bond acceptors (Lipinski definition) is 3. The Balaban J connectivity index is 1.75. The molecule has 0 bridgehead atoms. The molecule has 0 fully saturated rings. The van der Waals surface area contributed by atoms with Crippen LogP contribution < -0.4 is 20.3 Å². The van der Waals surface area contributed by atoms with Crippen molar-refractivity contribution in [3.05, 3.63) is 48.0 Å². The summed E-state index contributed by atoms with van der Waals surface area (Å²) in [6.45, 7) is 6.41. The van der Waals surface area contributed by atoms with Crippen LogP contribution in [0.5, 0.6) is 5.75 Å². The Hall–Kier alpha value is -3.02. The Morgan fingerprint density at radius 2 is 1.81 bits per heavy atom. The number of ether oxygens (including phenoxy) is 1. The van der Waals surface area contributed by atoms with E-state index < -0.39 is 5.41 Å². The molecule has 2 aromatic carbocycles. The molecule has 0 unspecified atom stereocenters. The fourth-order valence-corrected chi connectivity index (χ4v) is 3.11. The summed E-state index contributed by atoms with van der Waals surface area (Å²) in [5.41, 5.74) is 2.75. The Morgan fingerprint density at radius 1 is 1.07 bits per heavy atom. The molecule has 3 amide bonds. The molecule has 3 rings (SSSR count). The average molecular weight is 367 g/mol. The summed E-state index contributed by atoms with van der Waals surface area (Å²) in [6.07, 6.45) is 0.824. The number of urea groups is 1. The number of rotatable bonds is 3. The van der Waals surface area contributed by atoms with Gasteiger partial charge in [0.15, 0.2) is 0 Å². The Kier molecular flexibility index (Phi) is 5.08. The highest BCUT2D eigenvalue weighted by Gasteiger charge is 2.32. The van der Waals surface area contributed by atoms with Gasteiger partial charge in [0.25, 0.3) is 0 Å². The van der Waals surface area contributed by atoms with E-state index in [0.29, 0.717) is 23.7 Å². The third-order valence-electron chi connectivity index (χ3n) is 4.48. The van der Waals surface area contributed by atoms with E-state index in [0.717, 1.165) is 17.7 Å². The second-order valence-electron chi connectivity index (χ2n) is 7.58. The highest BCUT2D eigenvalue weighted by molar-refractivity contribution is 6.02. The normalized spacial score (nSPS) is 13.1. The number of para-hydroxylation sites is 2. The first-order chi connectivity index (χ1) is 12.8. The summed E-state index contributed by atoms with van der Waals surface area (Å²) in [7, 11) is 1.56. The number of methoxy groups -OCH3 is 1. The zero-order chi connectivity index (χ0) is 19.6. The smallest absolute Gasteiger partial charge is 0.323 e. The van der Waals surface area contributed by atoms with Gasteiger partial charge in [-0.05, 0) is 36.2 Å². The molecule has 1 heterocycles.